The summed E-state index contributed by atoms with van der Waals surface area (Å²) in [4.78, 5) is 26.0. The lowest BCUT2D eigenvalue weighted by atomic mass is 10.2. The molecule has 0 N–H and O–H groups in total. The smallest absolute Gasteiger partial charge is 0.332 e. The van der Waals surface area contributed by atoms with Gasteiger partial charge in [-0.15, -0.1) is 0 Å². The summed E-state index contributed by atoms with van der Waals surface area (Å²) in [6, 6.07) is 1.93. The van der Waals surface area contributed by atoms with Crippen LogP contribution in [0.15, 0.2) is 9.59 Å². The number of rotatable bonds is 1. The van der Waals surface area contributed by atoms with E-state index in [1.807, 2.05) is 17.9 Å². The van der Waals surface area contributed by atoms with Crippen LogP contribution in [-0.2, 0) is 18.8 Å². The fourth-order valence-corrected chi connectivity index (χ4v) is 2.49. The van der Waals surface area contributed by atoms with Crippen LogP contribution in [0.2, 0.25) is 0 Å². The third-order valence-corrected chi connectivity index (χ3v) is 3.50. The number of ether oxygens (including phenoxy) is 1. The van der Waals surface area contributed by atoms with E-state index < -0.39 is 11.2 Å². The summed E-state index contributed by atoms with van der Waals surface area (Å²) in [7, 11) is 2.96. The van der Waals surface area contributed by atoms with Crippen LogP contribution in [0.5, 0.6) is 0 Å². The third-order valence-electron chi connectivity index (χ3n) is 3.50. The third kappa shape index (κ3) is 2.34. The topological polar surface area (TPSA) is 80.3 Å². The maximum absolute atomic E-state index is 12.1. The highest BCUT2D eigenvalue weighted by Crippen LogP contribution is 2.18. The number of hydrogen-bond donors (Lipinski definition) is 0. The second-order valence-corrected chi connectivity index (χ2v) is 5.00. The van der Waals surface area contributed by atoms with E-state index in [1.165, 1.54) is 11.6 Å². The quantitative estimate of drug-likeness (QED) is 0.696. The fourth-order valence-electron chi connectivity index (χ4n) is 2.49. The molecule has 0 unspecified atom stereocenters. The van der Waals surface area contributed by atoms with Gasteiger partial charge in [-0.25, -0.2) is 4.79 Å². The molecular formula is C13H18N4O3. The lowest BCUT2D eigenvalue weighted by molar-refractivity contribution is 0.0820. The molecule has 1 aromatic rings. The molecular weight excluding hydrogens is 260 g/mol. The van der Waals surface area contributed by atoms with Gasteiger partial charge in [-0.1, -0.05) is 0 Å². The zero-order valence-corrected chi connectivity index (χ0v) is 11.9. The molecule has 2 heterocycles. The summed E-state index contributed by atoms with van der Waals surface area (Å²) in [6.07, 6.45) is 0.779. The number of hydrogen-bond acceptors (Lipinski definition) is 5. The predicted molar refractivity (Wildman–Crippen MR) is 73.9 cm³/mol. The molecule has 1 saturated heterocycles. The Morgan fingerprint density at radius 3 is 2.65 bits per heavy atom. The molecule has 0 bridgehead atoms. The Morgan fingerprint density at radius 2 is 2.00 bits per heavy atom. The Hall–Kier alpha value is -2.07. The SMILES string of the molecule is C[C@@H]1CN(c2c(C#N)c(=O)n(C)c(=O)n2C)CCCO1. The van der Waals surface area contributed by atoms with Gasteiger partial charge in [-0.2, -0.15) is 5.26 Å². The largest absolute Gasteiger partial charge is 0.377 e. The van der Waals surface area contributed by atoms with Gasteiger partial charge >= 0.3 is 5.69 Å². The first-order valence-corrected chi connectivity index (χ1v) is 6.54. The lowest BCUT2D eigenvalue weighted by Crippen LogP contribution is -2.43. The van der Waals surface area contributed by atoms with Crippen molar-refractivity contribution in [3.05, 3.63) is 26.4 Å². The first-order valence-electron chi connectivity index (χ1n) is 6.54. The maximum atomic E-state index is 12.1. The van der Waals surface area contributed by atoms with Crippen LogP contribution in [-0.4, -0.2) is 34.9 Å². The van der Waals surface area contributed by atoms with Gasteiger partial charge in [0.2, 0.25) is 0 Å². The van der Waals surface area contributed by atoms with Gasteiger partial charge in [0.05, 0.1) is 6.10 Å². The molecule has 0 radical (unpaired) electrons. The molecule has 0 aliphatic carbocycles. The van der Waals surface area contributed by atoms with Crippen LogP contribution in [0.1, 0.15) is 18.9 Å². The summed E-state index contributed by atoms with van der Waals surface area (Å²) in [5.41, 5.74) is -0.978. The van der Waals surface area contributed by atoms with E-state index in [0.717, 1.165) is 11.0 Å². The highest BCUT2D eigenvalue weighted by atomic mass is 16.5. The number of nitrogens with zero attached hydrogens (tertiary/aromatic N) is 4. The minimum atomic E-state index is -0.552. The van der Waals surface area contributed by atoms with Gasteiger partial charge in [0, 0.05) is 33.8 Å². The Morgan fingerprint density at radius 1 is 1.30 bits per heavy atom. The molecule has 7 heteroatoms. The van der Waals surface area contributed by atoms with Crippen LogP contribution < -0.4 is 16.1 Å². The molecule has 2 rings (SSSR count). The normalized spacial score (nSPS) is 19.5. The van der Waals surface area contributed by atoms with Gasteiger partial charge in [0.1, 0.15) is 11.9 Å². The van der Waals surface area contributed by atoms with Gasteiger partial charge in [0.15, 0.2) is 5.56 Å². The lowest BCUT2D eigenvalue weighted by Gasteiger charge is -2.27. The zero-order chi connectivity index (χ0) is 14.9. The molecule has 0 amide bonds. The highest BCUT2D eigenvalue weighted by molar-refractivity contribution is 5.53. The van der Waals surface area contributed by atoms with Crippen molar-refractivity contribution < 1.29 is 4.74 Å². The van der Waals surface area contributed by atoms with Crippen LogP contribution in [0.4, 0.5) is 5.82 Å². The monoisotopic (exact) mass is 278 g/mol. The summed E-state index contributed by atoms with van der Waals surface area (Å²) < 4.78 is 7.87. The molecule has 0 saturated carbocycles. The molecule has 0 aromatic carbocycles. The Balaban J connectivity index is 2.64. The predicted octanol–water partition coefficient (Wildman–Crippen LogP) is -0.429. The summed E-state index contributed by atoms with van der Waals surface area (Å²) in [6.45, 7) is 3.77. The minimum Gasteiger partial charge on any atom is -0.377 e. The second-order valence-electron chi connectivity index (χ2n) is 5.00. The average molecular weight is 278 g/mol. The molecule has 108 valence electrons. The van der Waals surface area contributed by atoms with E-state index in [4.69, 9.17) is 4.74 Å². The van der Waals surface area contributed by atoms with Crippen LogP contribution >= 0.6 is 0 Å². The molecule has 0 spiro atoms. The van der Waals surface area contributed by atoms with Crippen molar-refractivity contribution >= 4 is 5.82 Å². The van der Waals surface area contributed by atoms with E-state index in [9.17, 15) is 14.9 Å². The molecule has 1 aliphatic heterocycles. The number of anilines is 1. The van der Waals surface area contributed by atoms with Crippen LogP contribution in [0.25, 0.3) is 0 Å². The standard InChI is InChI=1S/C13H18N4O3/c1-9-8-17(5-4-6-20-9)11-10(7-14)12(18)16(3)13(19)15(11)2/h9H,4-6,8H2,1-3H3/t9-/m1/s1. The van der Waals surface area contributed by atoms with Crippen LogP contribution in [0, 0.1) is 11.3 Å². The Bertz CT molecular complexity index is 668. The first-order chi connectivity index (χ1) is 9.47. The highest BCUT2D eigenvalue weighted by Gasteiger charge is 2.23. The van der Waals surface area contributed by atoms with Crippen molar-refractivity contribution in [2.24, 2.45) is 14.1 Å². The summed E-state index contributed by atoms with van der Waals surface area (Å²) >= 11 is 0. The molecule has 1 atom stereocenters. The molecule has 1 aromatic heterocycles. The zero-order valence-electron chi connectivity index (χ0n) is 11.9. The molecule has 1 fully saturated rings. The van der Waals surface area contributed by atoms with Gasteiger partial charge < -0.3 is 9.64 Å². The Kier molecular flexibility index (Phi) is 3.95. The van der Waals surface area contributed by atoms with Gasteiger partial charge in [-0.05, 0) is 13.3 Å². The second kappa shape index (κ2) is 5.51. The molecule has 20 heavy (non-hydrogen) atoms. The van der Waals surface area contributed by atoms with Crippen molar-refractivity contribution in [2.75, 3.05) is 24.6 Å². The first kappa shape index (κ1) is 14.3. The van der Waals surface area contributed by atoms with Crippen molar-refractivity contribution in [2.45, 2.75) is 19.4 Å². The van der Waals surface area contributed by atoms with E-state index in [2.05, 4.69) is 0 Å². The maximum Gasteiger partial charge on any atom is 0.332 e. The van der Waals surface area contributed by atoms with E-state index in [0.29, 0.717) is 25.5 Å². The van der Waals surface area contributed by atoms with Crippen molar-refractivity contribution in [3.8, 4) is 6.07 Å². The number of aromatic nitrogens is 2. The molecule has 7 nitrogen and oxygen atoms in total. The molecule has 1 aliphatic rings. The number of nitriles is 1. The average Bonchev–Trinajstić information content (AvgIpc) is 2.64. The van der Waals surface area contributed by atoms with Crippen molar-refractivity contribution in [3.63, 3.8) is 0 Å². The fraction of sp³-hybridized carbons (Fsp3) is 0.615. The van der Waals surface area contributed by atoms with E-state index in [1.54, 1.807) is 7.05 Å². The van der Waals surface area contributed by atoms with Crippen molar-refractivity contribution in [1.82, 2.24) is 9.13 Å². The summed E-state index contributed by atoms with van der Waals surface area (Å²) in [5, 5.41) is 9.27. The van der Waals surface area contributed by atoms with Gasteiger partial charge in [0.25, 0.3) is 5.56 Å². The Labute approximate surface area is 116 Å². The minimum absolute atomic E-state index is 0.00343. The van der Waals surface area contributed by atoms with Crippen LogP contribution in [0.3, 0.4) is 0 Å². The summed E-state index contributed by atoms with van der Waals surface area (Å²) in [5.74, 6) is 0.387. The van der Waals surface area contributed by atoms with E-state index >= 15 is 0 Å². The van der Waals surface area contributed by atoms with Crippen molar-refractivity contribution in [1.29, 1.82) is 5.26 Å². The van der Waals surface area contributed by atoms with Gasteiger partial charge in [-0.3, -0.25) is 13.9 Å². The van der Waals surface area contributed by atoms with E-state index in [-0.39, 0.29) is 11.7 Å².